The number of nitrogens with zero attached hydrogens (tertiary/aromatic N) is 1. The molecule has 1 saturated carbocycles. The number of nitrogens with two attached hydrogens (primary N) is 1. The van der Waals surface area contributed by atoms with Crippen LogP contribution >= 0.6 is 0 Å². The Morgan fingerprint density at radius 3 is 2.88 bits per heavy atom. The van der Waals surface area contributed by atoms with Crippen LogP contribution in [0.1, 0.15) is 32.1 Å². The molecule has 100 valence electrons. The highest BCUT2D eigenvalue weighted by atomic mass is 16.5. The maximum absolute atomic E-state index is 6.09. The molecule has 2 rings (SSSR count). The van der Waals surface area contributed by atoms with E-state index in [0.717, 1.165) is 32.6 Å². The molecule has 17 heavy (non-hydrogen) atoms. The second-order valence-electron chi connectivity index (χ2n) is 5.51. The van der Waals surface area contributed by atoms with Crippen molar-refractivity contribution in [1.82, 2.24) is 4.90 Å². The molecule has 0 spiro atoms. The van der Waals surface area contributed by atoms with Gasteiger partial charge in [-0.3, -0.25) is 4.90 Å². The van der Waals surface area contributed by atoms with Crippen molar-refractivity contribution in [3.05, 3.63) is 0 Å². The summed E-state index contributed by atoms with van der Waals surface area (Å²) in [5.74, 6) is 0. The van der Waals surface area contributed by atoms with Gasteiger partial charge in [0.2, 0.25) is 0 Å². The predicted octanol–water partition coefficient (Wildman–Crippen LogP) is 0.994. The van der Waals surface area contributed by atoms with Gasteiger partial charge in [-0.15, -0.1) is 0 Å². The predicted molar refractivity (Wildman–Crippen MR) is 68.0 cm³/mol. The fourth-order valence-electron chi connectivity index (χ4n) is 3.35. The molecule has 0 radical (unpaired) electrons. The fourth-order valence-corrected chi connectivity index (χ4v) is 3.35. The second-order valence-corrected chi connectivity index (χ2v) is 5.51. The van der Waals surface area contributed by atoms with Crippen LogP contribution in [0, 0.1) is 0 Å². The molecular weight excluding hydrogens is 216 g/mol. The molecule has 1 aliphatic carbocycles. The van der Waals surface area contributed by atoms with Crippen LogP contribution in [-0.4, -0.2) is 56.5 Å². The number of rotatable bonds is 4. The lowest BCUT2D eigenvalue weighted by Gasteiger charge is -2.48. The molecule has 0 amide bonds. The summed E-state index contributed by atoms with van der Waals surface area (Å²) >= 11 is 0. The maximum atomic E-state index is 6.09. The van der Waals surface area contributed by atoms with Crippen molar-refractivity contribution < 1.29 is 9.47 Å². The third kappa shape index (κ3) is 2.65. The number of methoxy groups -OCH3 is 1. The molecule has 1 heterocycles. The average molecular weight is 242 g/mol. The zero-order chi connectivity index (χ0) is 12.3. The summed E-state index contributed by atoms with van der Waals surface area (Å²) in [7, 11) is 4.03. The maximum Gasteiger partial charge on any atom is 0.0622 e. The van der Waals surface area contributed by atoms with E-state index < -0.39 is 0 Å². The van der Waals surface area contributed by atoms with E-state index in [9.17, 15) is 0 Å². The molecule has 0 aromatic rings. The minimum atomic E-state index is 0.122. The first-order valence-corrected chi connectivity index (χ1v) is 6.75. The van der Waals surface area contributed by atoms with Crippen LogP contribution in [0.25, 0.3) is 0 Å². The second kappa shape index (κ2) is 5.65. The summed E-state index contributed by atoms with van der Waals surface area (Å²) < 4.78 is 11.0. The van der Waals surface area contributed by atoms with Gasteiger partial charge in [0.05, 0.1) is 12.7 Å². The Labute approximate surface area is 104 Å². The van der Waals surface area contributed by atoms with Crippen molar-refractivity contribution in [3.8, 4) is 0 Å². The van der Waals surface area contributed by atoms with E-state index in [4.69, 9.17) is 15.2 Å². The SMILES string of the molecule is COC1CCCC(CN)(N(C)C2CCOC2)C1. The first-order valence-electron chi connectivity index (χ1n) is 6.75. The van der Waals surface area contributed by atoms with Gasteiger partial charge < -0.3 is 15.2 Å². The van der Waals surface area contributed by atoms with Crippen LogP contribution in [0.15, 0.2) is 0 Å². The monoisotopic (exact) mass is 242 g/mol. The molecule has 1 aliphatic heterocycles. The summed E-state index contributed by atoms with van der Waals surface area (Å²) in [6.45, 7) is 2.47. The van der Waals surface area contributed by atoms with Gasteiger partial charge in [0.15, 0.2) is 0 Å². The first-order chi connectivity index (χ1) is 8.22. The van der Waals surface area contributed by atoms with E-state index >= 15 is 0 Å². The summed E-state index contributed by atoms with van der Waals surface area (Å²) in [6, 6.07) is 0.536. The van der Waals surface area contributed by atoms with E-state index in [1.54, 1.807) is 0 Å². The zero-order valence-corrected chi connectivity index (χ0v) is 11.2. The Balaban J connectivity index is 2.06. The van der Waals surface area contributed by atoms with Crippen LogP contribution in [0.2, 0.25) is 0 Å². The van der Waals surface area contributed by atoms with E-state index in [1.807, 2.05) is 7.11 Å². The van der Waals surface area contributed by atoms with Gasteiger partial charge >= 0.3 is 0 Å². The van der Waals surface area contributed by atoms with Gasteiger partial charge in [-0.05, 0) is 39.2 Å². The van der Waals surface area contributed by atoms with Crippen molar-refractivity contribution in [2.24, 2.45) is 5.73 Å². The highest BCUT2D eigenvalue weighted by Crippen LogP contribution is 2.35. The molecule has 1 saturated heterocycles. The van der Waals surface area contributed by atoms with Crippen molar-refractivity contribution in [2.45, 2.75) is 49.8 Å². The highest BCUT2D eigenvalue weighted by molar-refractivity contribution is 4.98. The Morgan fingerprint density at radius 2 is 2.29 bits per heavy atom. The molecule has 0 aromatic heterocycles. The van der Waals surface area contributed by atoms with Gasteiger partial charge in [-0.25, -0.2) is 0 Å². The molecule has 2 N–H and O–H groups in total. The zero-order valence-electron chi connectivity index (χ0n) is 11.2. The van der Waals surface area contributed by atoms with Gasteiger partial charge in [0.1, 0.15) is 0 Å². The van der Waals surface area contributed by atoms with Gasteiger partial charge in [-0.2, -0.15) is 0 Å². The van der Waals surface area contributed by atoms with Crippen LogP contribution in [0.5, 0.6) is 0 Å². The van der Waals surface area contributed by atoms with Gasteiger partial charge in [-0.1, -0.05) is 0 Å². The Morgan fingerprint density at radius 1 is 1.47 bits per heavy atom. The van der Waals surface area contributed by atoms with E-state index in [0.29, 0.717) is 12.1 Å². The largest absolute Gasteiger partial charge is 0.381 e. The lowest BCUT2D eigenvalue weighted by Crippen LogP contribution is -2.59. The van der Waals surface area contributed by atoms with Crippen LogP contribution in [0.3, 0.4) is 0 Å². The first kappa shape index (κ1) is 13.3. The third-order valence-electron chi connectivity index (χ3n) is 4.69. The molecular formula is C13H26N2O2. The Bertz CT molecular complexity index is 244. The summed E-state index contributed by atoms with van der Waals surface area (Å²) in [5.41, 5.74) is 6.21. The number of hydrogen-bond donors (Lipinski definition) is 1. The van der Waals surface area contributed by atoms with Gasteiger partial charge in [0, 0.05) is 31.8 Å². The van der Waals surface area contributed by atoms with E-state index in [1.165, 1.54) is 19.3 Å². The van der Waals surface area contributed by atoms with Crippen molar-refractivity contribution in [1.29, 1.82) is 0 Å². The third-order valence-corrected chi connectivity index (χ3v) is 4.69. The lowest BCUT2D eigenvalue weighted by molar-refractivity contribution is -0.0290. The quantitative estimate of drug-likeness (QED) is 0.799. The standard InChI is InChI=1S/C13H26N2O2/c1-15(11-5-7-17-9-11)13(10-14)6-3-4-12(8-13)16-2/h11-12H,3-10,14H2,1-2H3. The minimum absolute atomic E-state index is 0.122. The summed E-state index contributed by atoms with van der Waals surface area (Å²) in [5, 5.41) is 0. The van der Waals surface area contributed by atoms with Crippen LogP contribution in [0.4, 0.5) is 0 Å². The normalized spacial score (nSPS) is 38.8. The highest BCUT2D eigenvalue weighted by Gasteiger charge is 2.42. The Kier molecular flexibility index (Phi) is 4.42. The number of ether oxygens (including phenoxy) is 2. The van der Waals surface area contributed by atoms with Crippen LogP contribution < -0.4 is 5.73 Å². The smallest absolute Gasteiger partial charge is 0.0622 e. The van der Waals surface area contributed by atoms with E-state index in [-0.39, 0.29) is 5.54 Å². The molecule has 2 fully saturated rings. The molecule has 4 nitrogen and oxygen atoms in total. The number of likely N-dealkylation sites (N-methyl/N-ethyl adjacent to an activating group) is 1. The molecule has 3 atom stereocenters. The molecule has 2 aliphatic rings. The fraction of sp³-hybridized carbons (Fsp3) is 1.00. The summed E-state index contributed by atoms with van der Waals surface area (Å²) in [6.07, 6.45) is 6.15. The van der Waals surface area contributed by atoms with Crippen LogP contribution in [-0.2, 0) is 9.47 Å². The number of hydrogen-bond acceptors (Lipinski definition) is 4. The minimum Gasteiger partial charge on any atom is -0.381 e. The van der Waals surface area contributed by atoms with Crippen molar-refractivity contribution in [2.75, 3.05) is 33.9 Å². The Hall–Kier alpha value is -0.160. The molecule has 4 heteroatoms. The average Bonchev–Trinajstić information content (AvgIpc) is 2.91. The molecule has 3 unspecified atom stereocenters. The van der Waals surface area contributed by atoms with Crippen molar-refractivity contribution >= 4 is 0 Å². The van der Waals surface area contributed by atoms with Crippen molar-refractivity contribution in [3.63, 3.8) is 0 Å². The van der Waals surface area contributed by atoms with Gasteiger partial charge in [0.25, 0.3) is 0 Å². The molecule has 0 bridgehead atoms. The van der Waals surface area contributed by atoms with E-state index in [2.05, 4.69) is 11.9 Å². The topological polar surface area (TPSA) is 47.7 Å². The summed E-state index contributed by atoms with van der Waals surface area (Å²) in [4.78, 5) is 2.48. The lowest BCUT2D eigenvalue weighted by atomic mass is 9.78. The molecule has 0 aromatic carbocycles.